The van der Waals surface area contributed by atoms with E-state index in [9.17, 15) is 14.7 Å². The predicted octanol–water partition coefficient (Wildman–Crippen LogP) is 2.77. The minimum atomic E-state index is -0.962. The molecule has 1 amide bonds. The molecule has 0 saturated carbocycles. The van der Waals surface area contributed by atoms with Crippen LogP contribution in [0.1, 0.15) is 21.8 Å². The molecule has 0 unspecified atom stereocenters. The van der Waals surface area contributed by atoms with Gasteiger partial charge in [0.2, 0.25) is 0 Å². The maximum atomic E-state index is 12.4. The van der Waals surface area contributed by atoms with Gasteiger partial charge in [-0.1, -0.05) is 36.4 Å². The number of H-pyrrole nitrogens is 1. The van der Waals surface area contributed by atoms with Crippen LogP contribution in [0.4, 0.5) is 0 Å². The number of hydrogen-bond acceptors (Lipinski definition) is 2. The molecule has 3 rings (SSSR count). The number of aromatic nitrogens is 1. The Morgan fingerprint density at radius 3 is 2.57 bits per heavy atom. The molecule has 1 aromatic heterocycles. The van der Waals surface area contributed by atoms with E-state index in [1.54, 1.807) is 42.6 Å². The van der Waals surface area contributed by atoms with Crippen molar-refractivity contribution < 1.29 is 14.7 Å². The fraction of sp³-hybridized carbons (Fsp3) is 0.111. The maximum absolute atomic E-state index is 12.4. The van der Waals surface area contributed by atoms with Crippen molar-refractivity contribution in [1.82, 2.24) is 10.3 Å². The summed E-state index contributed by atoms with van der Waals surface area (Å²) < 4.78 is 0. The van der Waals surface area contributed by atoms with Gasteiger partial charge in [-0.25, -0.2) is 0 Å². The molecule has 0 aliphatic carbocycles. The van der Waals surface area contributed by atoms with Gasteiger partial charge in [-0.3, -0.25) is 9.59 Å². The number of aliphatic carboxylic acids is 1. The monoisotopic (exact) mass is 308 g/mol. The van der Waals surface area contributed by atoms with Crippen molar-refractivity contribution in [2.45, 2.75) is 5.92 Å². The first-order chi connectivity index (χ1) is 11.2. The quantitative estimate of drug-likeness (QED) is 0.678. The summed E-state index contributed by atoms with van der Waals surface area (Å²) in [4.78, 5) is 26.9. The molecule has 1 heterocycles. The van der Waals surface area contributed by atoms with E-state index in [0.29, 0.717) is 11.1 Å². The van der Waals surface area contributed by atoms with Crippen molar-refractivity contribution in [1.29, 1.82) is 0 Å². The lowest BCUT2D eigenvalue weighted by Crippen LogP contribution is -2.31. The lowest BCUT2D eigenvalue weighted by Gasteiger charge is -2.14. The molecule has 3 aromatic rings. The first kappa shape index (κ1) is 14.8. The van der Waals surface area contributed by atoms with Crippen LogP contribution in [0.2, 0.25) is 0 Å². The molecule has 0 bridgehead atoms. The number of hydrogen-bond donors (Lipinski definition) is 3. The van der Waals surface area contributed by atoms with Gasteiger partial charge in [-0.2, -0.15) is 0 Å². The largest absolute Gasteiger partial charge is 0.481 e. The second-order valence-electron chi connectivity index (χ2n) is 5.26. The Kier molecular flexibility index (Phi) is 4.10. The summed E-state index contributed by atoms with van der Waals surface area (Å²) in [6, 6.07) is 16.1. The number of carbonyl (C=O) groups is 2. The summed E-state index contributed by atoms with van der Waals surface area (Å²) in [6.07, 6.45) is 1.77. The van der Waals surface area contributed by atoms with Crippen LogP contribution in [-0.2, 0) is 4.79 Å². The van der Waals surface area contributed by atoms with Gasteiger partial charge < -0.3 is 15.4 Å². The van der Waals surface area contributed by atoms with Gasteiger partial charge in [-0.15, -0.1) is 0 Å². The average molecular weight is 308 g/mol. The number of carboxylic acids is 1. The van der Waals surface area contributed by atoms with Gasteiger partial charge in [0, 0.05) is 29.2 Å². The zero-order valence-electron chi connectivity index (χ0n) is 12.3. The second-order valence-corrected chi connectivity index (χ2v) is 5.26. The molecule has 5 nitrogen and oxygen atoms in total. The minimum absolute atomic E-state index is 0.0407. The topological polar surface area (TPSA) is 82.2 Å². The molecule has 23 heavy (non-hydrogen) atoms. The molecule has 0 saturated heterocycles. The fourth-order valence-corrected chi connectivity index (χ4v) is 2.61. The van der Waals surface area contributed by atoms with Crippen LogP contribution in [0.15, 0.2) is 60.8 Å². The molecular formula is C18H16N2O3. The number of carboxylic acid groups (broad SMARTS) is 1. The van der Waals surface area contributed by atoms with Crippen molar-refractivity contribution in [3.8, 4) is 0 Å². The molecule has 1 atom stereocenters. The Morgan fingerprint density at radius 2 is 1.83 bits per heavy atom. The number of carbonyl (C=O) groups excluding carboxylic acids is 1. The van der Waals surface area contributed by atoms with Gasteiger partial charge in [-0.05, 0) is 23.8 Å². The van der Waals surface area contributed by atoms with E-state index in [1.165, 1.54) is 0 Å². The highest BCUT2D eigenvalue weighted by atomic mass is 16.4. The van der Waals surface area contributed by atoms with Gasteiger partial charge in [0.25, 0.3) is 5.91 Å². The highest BCUT2D eigenvalue weighted by molar-refractivity contribution is 6.06. The highest BCUT2D eigenvalue weighted by Crippen LogP contribution is 2.18. The number of nitrogens with one attached hydrogen (secondary N) is 2. The Morgan fingerprint density at radius 1 is 1.04 bits per heavy atom. The Hall–Kier alpha value is -3.08. The predicted molar refractivity (Wildman–Crippen MR) is 87.5 cm³/mol. The molecule has 0 spiro atoms. The summed E-state index contributed by atoms with van der Waals surface area (Å²) in [7, 11) is 0. The number of fused-ring (bicyclic) bond motifs is 1. The molecule has 0 aliphatic rings. The summed E-state index contributed by atoms with van der Waals surface area (Å²) in [6.45, 7) is 0.0407. The van der Waals surface area contributed by atoms with Gasteiger partial charge in [0.1, 0.15) is 0 Å². The molecular weight excluding hydrogens is 292 g/mol. The number of benzene rings is 2. The zero-order chi connectivity index (χ0) is 16.2. The fourth-order valence-electron chi connectivity index (χ4n) is 2.61. The van der Waals surface area contributed by atoms with E-state index in [0.717, 1.165) is 10.9 Å². The highest BCUT2D eigenvalue weighted by Gasteiger charge is 2.21. The second kappa shape index (κ2) is 6.36. The third-order valence-corrected chi connectivity index (χ3v) is 3.81. The van der Waals surface area contributed by atoms with E-state index in [-0.39, 0.29) is 12.5 Å². The van der Waals surface area contributed by atoms with Crippen LogP contribution in [0.5, 0.6) is 0 Å². The van der Waals surface area contributed by atoms with E-state index in [4.69, 9.17) is 0 Å². The summed E-state index contributed by atoms with van der Waals surface area (Å²) in [5, 5.41) is 12.9. The SMILES string of the molecule is O=C(NC[C@H](C(=O)O)c1ccccc1)c1cccc2[nH]ccc12. The first-order valence-corrected chi connectivity index (χ1v) is 7.29. The van der Waals surface area contributed by atoms with Crippen LogP contribution < -0.4 is 5.32 Å². The van der Waals surface area contributed by atoms with Crippen LogP contribution >= 0.6 is 0 Å². The number of rotatable bonds is 5. The Balaban J connectivity index is 1.77. The molecule has 0 aliphatic heterocycles. The van der Waals surface area contributed by atoms with Crippen molar-refractivity contribution in [2.75, 3.05) is 6.54 Å². The first-order valence-electron chi connectivity index (χ1n) is 7.29. The average Bonchev–Trinajstić information content (AvgIpc) is 3.04. The van der Waals surface area contributed by atoms with E-state index in [2.05, 4.69) is 10.3 Å². The van der Waals surface area contributed by atoms with Crippen molar-refractivity contribution in [3.05, 3.63) is 71.9 Å². The van der Waals surface area contributed by atoms with Gasteiger partial charge in [0.15, 0.2) is 0 Å². The Labute approximate surface area is 133 Å². The van der Waals surface area contributed by atoms with E-state index >= 15 is 0 Å². The number of aromatic amines is 1. The molecule has 2 aromatic carbocycles. The van der Waals surface area contributed by atoms with Crippen molar-refractivity contribution in [2.24, 2.45) is 0 Å². The summed E-state index contributed by atoms with van der Waals surface area (Å²) in [5.74, 6) is -2.01. The minimum Gasteiger partial charge on any atom is -0.481 e. The lowest BCUT2D eigenvalue weighted by atomic mass is 9.99. The maximum Gasteiger partial charge on any atom is 0.312 e. The van der Waals surface area contributed by atoms with Crippen LogP contribution in [0.3, 0.4) is 0 Å². The standard InChI is InChI=1S/C18H16N2O3/c21-17(14-7-4-8-16-13(14)9-10-19-16)20-11-15(18(22)23)12-5-2-1-3-6-12/h1-10,15,19H,11H2,(H,20,21)(H,22,23)/t15-/m0/s1. The van der Waals surface area contributed by atoms with Crippen LogP contribution in [-0.4, -0.2) is 28.5 Å². The van der Waals surface area contributed by atoms with Crippen molar-refractivity contribution in [3.63, 3.8) is 0 Å². The van der Waals surface area contributed by atoms with Gasteiger partial charge in [0.05, 0.1) is 5.92 Å². The summed E-state index contributed by atoms with van der Waals surface area (Å²) >= 11 is 0. The smallest absolute Gasteiger partial charge is 0.312 e. The van der Waals surface area contributed by atoms with Gasteiger partial charge >= 0.3 is 5.97 Å². The number of amides is 1. The molecule has 5 heteroatoms. The molecule has 0 fully saturated rings. The van der Waals surface area contributed by atoms with Crippen LogP contribution in [0.25, 0.3) is 10.9 Å². The normalized spacial score (nSPS) is 12.0. The third kappa shape index (κ3) is 3.08. The van der Waals surface area contributed by atoms with E-state index in [1.807, 2.05) is 18.2 Å². The Bertz CT molecular complexity index is 840. The molecule has 0 radical (unpaired) electrons. The van der Waals surface area contributed by atoms with E-state index < -0.39 is 11.9 Å². The zero-order valence-corrected chi connectivity index (χ0v) is 12.3. The summed E-state index contributed by atoms with van der Waals surface area (Å²) in [5.41, 5.74) is 2.07. The molecule has 116 valence electrons. The van der Waals surface area contributed by atoms with Crippen LogP contribution in [0, 0.1) is 0 Å². The molecule has 3 N–H and O–H groups in total. The lowest BCUT2D eigenvalue weighted by molar-refractivity contribution is -0.138. The third-order valence-electron chi connectivity index (χ3n) is 3.81. The van der Waals surface area contributed by atoms with Crippen molar-refractivity contribution >= 4 is 22.8 Å².